The second-order valence-corrected chi connectivity index (χ2v) is 6.88. The van der Waals surface area contributed by atoms with Gasteiger partial charge in [0.15, 0.2) is 5.69 Å². The maximum Gasteiger partial charge on any atom is 0.358 e. The molecule has 4 nitrogen and oxygen atoms in total. The van der Waals surface area contributed by atoms with Gasteiger partial charge in [-0.1, -0.05) is 0 Å². The fourth-order valence-corrected chi connectivity index (χ4v) is 2.39. The summed E-state index contributed by atoms with van der Waals surface area (Å²) in [5, 5.41) is 0. The van der Waals surface area contributed by atoms with Crippen LogP contribution in [0.15, 0.2) is 16.6 Å². The van der Waals surface area contributed by atoms with Crippen molar-refractivity contribution in [2.45, 2.75) is 38.7 Å². The minimum atomic E-state index is -2.71. The Labute approximate surface area is 130 Å². The highest BCUT2D eigenvalue weighted by Crippen LogP contribution is 2.31. The van der Waals surface area contributed by atoms with Gasteiger partial charge in [0.2, 0.25) is 0 Å². The van der Waals surface area contributed by atoms with Crippen molar-refractivity contribution in [3.8, 4) is 0 Å². The summed E-state index contributed by atoms with van der Waals surface area (Å²) in [7, 11) is 0. The highest BCUT2D eigenvalue weighted by molar-refractivity contribution is 9.10. The lowest BCUT2D eigenvalue weighted by molar-refractivity contribution is 0.00617. The van der Waals surface area contributed by atoms with Crippen molar-refractivity contribution in [3.63, 3.8) is 0 Å². The van der Waals surface area contributed by atoms with Gasteiger partial charge < -0.3 is 9.64 Å². The van der Waals surface area contributed by atoms with E-state index in [9.17, 15) is 13.6 Å². The first-order valence-corrected chi connectivity index (χ1v) is 7.39. The molecule has 1 fully saturated rings. The Balaban J connectivity index is 2.24. The van der Waals surface area contributed by atoms with E-state index in [1.54, 1.807) is 32.9 Å². The Morgan fingerprint density at radius 2 is 2.10 bits per heavy atom. The molecule has 2 heterocycles. The van der Waals surface area contributed by atoms with Gasteiger partial charge >= 0.3 is 5.97 Å². The van der Waals surface area contributed by atoms with Crippen LogP contribution >= 0.6 is 15.9 Å². The number of aromatic nitrogens is 1. The van der Waals surface area contributed by atoms with Gasteiger partial charge in [-0.15, -0.1) is 0 Å². The van der Waals surface area contributed by atoms with E-state index in [1.165, 1.54) is 4.90 Å². The van der Waals surface area contributed by atoms with E-state index >= 15 is 0 Å². The number of esters is 1. The van der Waals surface area contributed by atoms with E-state index in [-0.39, 0.29) is 25.2 Å². The van der Waals surface area contributed by atoms with Gasteiger partial charge in [-0.25, -0.2) is 18.6 Å². The Bertz CT molecular complexity index is 558. The van der Waals surface area contributed by atoms with Crippen LogP contribution in [0, 0.1) is 0 Å². The van der Waals surface area contributed by atoms with Gasteiger partial charge in [-0.05, 0) is 48.8 Å². The fourth-order valence-electron chi connectivity index (χ4n) is 2.01. The van der Waals surface area contributed by atoms with Crippen molar-refractivity contribution in [2.75, 3.05) is 18.0 Å². The van der Waals surface area contributed by atoms with Crippen molar-refractivity contribution in [3.05, 3.63) is 22.3 Å². The molecular formula is C14H17BrF2N2O2. The molecular weight excluding hydrogens is 346 g/mol. The first-order chi connectivity index (χ1) is 9.57. The molecule has 1 aromatic heterocycles. The van der Waals surface area contributed by atoms with E-state index < -0.39 is 17.5 Å². The molecule has 0 aliphatic carbocycles. The number of carbonyl (C=O) groups excluding carboxylic acids is 1. The Hall–Kier alpha value is -1.24. The van der Waals surface area contributed by atoms with Crippen LogP contribution in [0.5, 0.6) is 0 Å². The molecule has 0 radical (unpaired) electrons. The molecule has 0 aromatic carbocycles. The van der Waals surface area contributed by atoms with Crippen LogP contribution < -0.4 is 4.90 Å². The van der Waals surface area contributed by atoms with Gasteiger partial charge in [0.1, 0.15) is 11.4 Å². The summed E-state index contributed by atoms with van der Waals surface area (Å²) in [6, 6.07) is 3.23. The summed E-state index contributed by atoms with van der Waals surface area (Å²) >= 11 is 3.24. The predicted octanol–water partition coefficient (Wildman–Crippen LogP) is 3.64. The van der Waals surface area contributed by atoms with Crippen LogP contribution in [-0.4, -0.2) is 35.6 Å². The van der Waals surface area contributed by atoms with E-state index in [4.69, 9.17) is 4.74 Å². The molecule has 0 atom stereocenters. The quantitative estimate of drug-likeness (QED) is 0.753. The highest BCUT2D eigenvalue weighted by atomic mass is 79.9. The number of anilines is 1. The molecule has 2 rings (SSSR count). The van der Waals surface area contributed by atoms with E-state index in [0.717, 1.165) is 0 Å². The number of hydrogen-bond donors (Lipinski definition) is 0. The number of hydrogen-bond acceptors (Lipinski definition) is 4. The SMILES string of the molecule is CC(C)(C)OC(=O)c1nc(N2CCC(F)(F)C2)ccc1Br. The van der Waals surface area contributed by atoms with Crippen LogP contribution in [0.1, 0.15) is 37.7 Å². The van der Waals surface area contributed by atoms with E-state index in [2.05, 4.69) is 20.9 Å². The third kappa shape index (κ3) is 4.12. The lowest BCUT2D eigenvalue weighted by Crippen LogP contribution is -2.27. The first-order valence-electron chi connectivity index (χ1n) is 6.60. The monoisotopic (exact) mass is 362 g/mol. The summed E-state index contributed by atoms with van der Waals surface area (Å²) in [6.07, 6.45) is -0.202. The first kappa shape index (κ1) is 16.1. The summed E-state index contributed by atoms with van der Waals surface area (Å²) in [5.74, 6) is -2.93. The van der Waals surface area contributed by atoms with Gasteiger partial charge in [-0.3, -0.25) is 0 Å². The molecule has 1 saturated heterocycles. The third-order valence-electron chi connectivity index (χ3n) is 2.92. The largest absolute Gasteiger partial charge is 0.455 e. The second-order valence-electron chi connectivity index (χ2n) is 6.03. The third-order valence-corrected chi connectivity index (χ3v) is 3.56. The number of pyridine rings is 1. The number of nitrogens with zero attached hydrogens (tertiary/aromatic N) is 2. The highest BCUT2D eigenvalue weighted by Gasteiger charge is 2.39. The summed E-state index contributed by atoms with van der Waals surface area (Å²) in [6.45, 7) is 5.10. The lowest BCUT2D eigenvalue weighted by Gasteiger charge is -2.21. The molecule has 0 spiro atoms. The summed E-state index contributed by atoms with van der Waals surface area (Å²) < 4.78 is 32.3. The molecule has 1 aliphatic rings. The normalized spacial score (nSPS) is 17.9. The number of carbonyl (C=O) groups is 1. The van der Waals surface area contributed by atoms with Gasteiger partial charge in [0.25, 0.3) is 5.92 Å². The minimum absolute atomic E-state index is 0.0950. The van der Waals surface area contributed by atoms with Gasteiger partial charge in [0.05, 0.1) is 11.0 Å². The molecule has 7 heteroatoms. The zero-order valence-corrected chi connectivity index (χ0v) is 13.7. The molecule has 0 bridgehead atoms. The number of alkyl halides is 2. The molecule has 1 aromatic rings. The van der Waals surface area contributed by atoms with Crippen molar-refractivity contribution < 1.29 is 18.3 Å². The molecule has 21 heavy (non-hydrogen) atoms. The maximum absolute atomic E-state index is 13.3. The molecule has 0 amide bonds. The molecule has 116 valence electrons. The second kappa shape index (κ2) is 5.51. The Morgan fingerprint density at radius 3 is 2.62 bits per heavy atom. The number of ether oxygens (including phenoxy) is 1. The van der Waals surface area contributed by atoms with Crippen LogP contribution in [0.2, 0.25) is 0 Å². The van der Waals surface area contributed by atoms with Crippen molar-refractivity contribution in [2.24, 2.45) is 0 Å². The van der Waals surface area contributed by atoms with Gasteiger partial charge in [-0.2, -0.15) is 0 Å². The number of halogens is 3. The summed E-state index contributed by atoms with van der Waals surface area (Å²) in [5.41, 5.74) is -0.549. The van der Waals surface area contributed by atoms with Crippen molar-refractivity contribution in [1.29, 1.82) is 0 Å². The molecule has 1 aliphatic heterocycles. The zero-order chi connectivity index (χ0) is 15.8. The molecule has 0 saturated carbocycles. The molecule has 0 N–H and O–H groups in total. The van der Waals surface area contributed by atoms with E-state index in [0.29, 0.717) is 10.3 Å². The molecule has 0 unspecified atom stereocenters. The summed E-state index contributed by atoms with van der Waals surface area (Å²) in [4.78, 5) is 17.7. The van der Waals surface area contributed by atoms with Crippen molar-refractivity contribution in [1.82, 2.24) is 4.98 Å². The minimum Gasteiger partial charge on any atom is -0.455 e. The smallest absolute Gasteiger partial charge is 0.358 e. The topological polar surface area (TPSA) is 42.4 Å². The Kier molecular flexibility index (Phi) is 4.24. The number of rotatable bonds is 2. The maximum atomic E-state index is 13.3. The van der Waals surface area contributed by atoms with Crippen LogP contribution in [0.4, 0.5) is 14.6 Å². The lowest BCUT2D eigenvalue weighted by atomic mass is 10.2. The Morgan fingerprint density at radius 1 is 1.43 bits per heavy atom. The fraction of sp³-hybridized carbons (Fsp3) is 0.571. The van der Waals surface area contributed by atoms with Gasteiger partial charge in [0, 0.05) is 13.0 Å². The standard InChI is InChI=1S/C14H17BrF2N2O2/c1-13(2,3)21-12(20)11-9(15)4-5-10(18-11)19-7-6-14(16,17)8-19/h4-5H,6-8H2,1-3H3. The zero-order valence-electron chi connectivity index (χ0n) is 12.1. The van der Waals surface area contributed by atoms with Crippen LogP contribution in [0.3, 0.4) is 0 Å². The average Bonchev–Trinajstić information content (AvgIpc) is 2.68. The predicted molar refractivity (Wildman–Crippen MR) is 78.9 cm³/mol. The van der Waals surface area contributed by atoms with Crippen LogP contribution in [-0.2, 0) is 4.74 Å². The van der Waals surface area contributed by atoms with Crippen molar-refractivity contribution >= 4 is 27.7 Å². The average molecular weight is 363 g/mol. The van der Waals surface area contributed by atoms with Crippen LogP contribution in [0.25, 0.3) is 0 Å². The van der Waals surface area contributed by atoms with E-state index in [1.807, 2.05) is 0 Å².